The van der Waals surface area contributed by atoms with Crippen LogP contribution in [0.5, 0.6) is 0 Å². The number of halogens is 1. The van der Waals surface area contributed by atoms with Crippen molar-refractivity contribution in [2.75, 3.05) is 19.7 Å². The van der Waals surface area contributed by atoms with E-state index in [9.17, 15) is 13.2 Å². The molecule has 2 aliphatic rings. The standard InChI is InChI=1S/C19H24N2O5S.ClH/c1-3-25-19(22)18-11(2)14-8-13(5-7-17(14)26-18)27(23,24)21-9-12-4-6-16(20)15(12)10-21;/h5,7-8,12,15-16H,3-4,6,9-10,20H2,1-2H3;1H. The van der Waals surface area contributed by atoms with Crippen LogP contribution in [-0.4, -0.2) is 44.4 Å². The molecule has 3 atom stereocenters. The molecule has 0 bridgehead atoms. The molecule has 1 aromatic carbocycles. The molecule has 2 fully saturated rings. The quantitative estimate of drug-likeness (QED) is 0.751. The van der Waals surface area contributed by atoms with Crippen molar-refractivity contribution in [2.24, 2.45) is 17.6 Å². The van der Waals surface area contributed by atoms with E-state index in [2.05, 4.69) is 0 Å². The number of fused-ring (bicyclic) bond motifs is 2. The van der Waals surface area contributed by atoms with Crippen LogP contribution in [0.15, 0.2) is 27.5 Å². The summed E-state index contributed by atoms with van der Waals surface area (Å²) in [6.45, 7) is 4.70. The first-order valence-corrected chi connectivity index (χ1v) is 10.7. The lowest BCUT2D eigenvalue weighted by molar-refractivity contribution is 0.0491. The first-order valence-electron chi connectivity index (χ1n) is 9.29. The average molecular weight is 429 g/mol. The molecule has 28 heavy (non-hydrogen) atoms. The summed E-state index contributed by atoms with van der Waals surface area (Å²) in [6.07, 6.45) is 1.96. The molecule has 0 radical (unpaired) electrons. The van der Waals surface area contributed by atoms with Crippen LogP contribution in [0.1, 0.15) is 35.9 Å². The van der Waals surface area contributed by atoms with Gasteiger partial charge in [0.1, 0.15) is 5.58 Å². The minimum Gasteiger partial charge on any atom is -0.460 e. The topological polar surface area (TPSA) is 103 Å². The van der Waals surface area contributed by atoms with E-state index in [0.717, 1.165) is 12.8 Å². The van der Waals surface area contributed by atoms with Crippen molar-refractivity contribution in [3.63, 3.8) is 0 Å². The normalized spacial score (nSPS) is 24.9. The van der Waals surface area contributed by atoms with Crippen molar-refractivity contribution in [1.29, 1.82) is 0 Å². The lowest BCUT2D eigenvalue weighted by Gasteiger charge is -2.18. The van der Waals surface area contributed by atoms with Gasteiger partial charge in [-0.1, -0.05) is 0 Å². The summed E-state index contributed by atoms with van der Waals surface area (Å²) in [4.78, 5) is 12.2. The van der Waals surface area contributed by atoms with Crippen molar-refractivity contribution in [3.05, 3.63) is 29.5 Å². The second-order valence-electron chi connectivity index (χ2n) is 7.42. The molecule has 1 saturated heterocycles. The molecule has 1 aromatic heterocycles. The summed E-state index contributed by atoms with van der Waals surface area (Å²) in [5.41, 5.74) is 7.19. The number of hydrogen-bond acceptors (Lipinski definition) is 6. The first kappa shape index (κ1) is 21.1. The second kappa shape index (κ2) is 7.67. The largest absolute Gasteiger partial charge is 0.460 e. The van der Waals surface area contributed by atoms with Gasteiger partial charge in [0.05, 0.1) is 11.5 Å². The zero-order valence-corrected chi connectivity index (χ0v) is 17.5. The highest BCUT2D eigenvalue weighted by Crippen LogP contribution is 2.39. The van der Waals surface area contributed by atoms with Crippen molar-refractivity contribution < 1.29 is 22.4 Å². The monoisotopic (exact) mass is 428 g/mol. The Hall–Kier alpha value is -1.61. The Bertz CT molecular complexity index is 1000. The van der Waals surface area contributed by atoms with E-state index < -0.39 is 16.0 Å². The van der Waals surface area contributed by atoms with Crippen molar-refractivity contribution >= 4 is 39.4 Å². The van der Waals surface area contributed by atoms with Crippen LogP contribution < -0.4 is 5.73 Å². The molecule has 3 unspecified atom stereocenters. The molecule has 4 rings (SSSR count). The predicted octanol–water partition coefficient (Wildman–Crippen LogP) is 2.70. The van der Waals surface area contributed by atoms with Gasteiger partial charge >= 0.3 is 5.97 Å². The highest BCUT2D eigenvalue weighted by Gasteiger charge is 2.45. The number of benzene rings is 1. The third-order valence-corrected chi connectivity index (χ3v) is 7.71. The fourth-order valence-corrected chi connectivity index (χ4v) is 5.92. The van der Waals surface area contributed by atoms with E-state index in [1.807, 2.05) is 0 Å². The molecule has 1 aliphatic heterocycles. The first-order chi connectivity index (χ1) is 12.8. The summed E-state index contributed by atoms with van der Waals surface area (Å²) in [6, 6.07) is 4.80. The summed E-state index contributed by atoms with van der Waals surface area (Å²) >= 11 is 0. The van der Waals surface area contributed by atoms with Crippen molar-refractivity contribution in [2.45, 2.75) is 37.6 Å². The number of nitrogens with zero attached hydrogens (tertiary/aromatic N) is 1. The maximum atomic E-state index is 13.1. The van der Waals surface area contributed by atoms with E-state index in [4.69, 9.17) is 14.9 Å². The molecule has 2 N–H and O–H groups in total. The molecular formula is C19H25ClN2O5S. The second-order valence-corrected chi connectivity index (χ2v) is 9.36. The van der Waals surface area contributed by atoms with Crippen LogP contribution in [0.2, 0.25) is 0 Å². The molecule has 2 aromatic rings. The Labute approximate surface area is 170 Å². The zero-order chi connectivity index (χ0) is 19.3. The van der Waals surface area contributed by atoms with Gasteiger partial charge in [0, 0.05) is 30.1 Å². The molecule has 0 amide bonds. The highest BCUT2D eigenvalue weighted by molar-refractivity contribution is 7.89. The maximum absolute atomic E-state index is 13.1. The van der Waals surface area contributed by atoms with E-state index in [0.29, 0.717) is 35.5 Å². The molecule has 7 nitrogen and oxygen atoms in total. The number of ether oxygens (including phenoxy) is 1. The van der Waals surface area contributed by atoms with Crippen LogP contribution >= 0.6 is 12.4 Å². The highest BCUT2D eigenvalue weighted by atomic mass is 35.5. The molecule has 2 heterocycles. The van der Waals surface area contributed by atoms with Crippen molar-refractivity contribution in [1.82, 2.24) is 4.31 Å². The smallest absolute Gasteiger partial charge is 0.374 e. The van der Waals surface area contributed by atoms with Gasteiger partial charge in [-0.3, -0.25) is 0 Å². The number of nitrogens with two attached hydrogens (primary N) is 1. The molecule has 0 spiro atoms. The number of hydrogen-bond donors (Lipinski definition) is 1. The third-order valence-electron chi connectivity index (χ3n) is 5.89. The fourth-order valence-electron chi connectivity index (χ4n) is 4.36. The molecule has 1 saturated carbocycles. The lowest BCUT2D eigenvalue weighted by atomic mass is 9.98. The van der Waals surface area contributed by atoms with Gasteiger partial charge in [0.15, 0.2) is 0 Å². The third kappa shape index (κ3) is 3.32. The Morgan fingerprint density at radius 1 is 1.32 bits per heavy atom. The Balaban J connectivity index is 0.00000225. The lowest BCUT2D eigenvalue weighted by Crippen LogP contribution is -2.33. The Kier molecular flexibility index (Phi) is 5.78. The average Bonchev–Trinajstić information content (AvgIpc) is 3.30. The predicted molar refractivity (Wildman–Crippen MR) is 107 cm³/mol. The molecular weight excluding hydrogens is 404 g/mol. The zero-order valence-electron chi connectivity index (χ0n) is 15.9. The van der Waals surface area contributed by atoms with E-state index in [1.165, 1.54) is 6.07 Å². The summed E-state index contributed by atoms with van der Waals surface area (Å²) in [5.74, 6) is 0.166. The van der Waals surface area contributed by atoms with E-state index in [1.54, 1.807) is 30.3 Å². The van der Waals surface area contributed by atoms with Crippen LogP contribution in [0, 0.1) is 18.8 Å². The number of sulfonamides is 1. The van der Waals surface area contributed by atoms with Crippen molar-refractivity contribution in [3.8, 4) is 0 Å². The van der Waals surface area contributed by atoms with Gasteiger partial charge in [-0.05, 0) is 56.7 Å². The van der Waals surface area contributed by atoms with E-state index >= 15 is 0 Å². The minimum absolute atomic E-state index is 0. The SMILES string of the molecule is CCOC(=O)c1oc2ccc(S(=O)(=O)N3CC4CCC(N)C4C3)cc2c1C.Cl. The molecule has 9 heteroatoms. The molecule has 154 valence electrons. The number of carbonyl (C=O) groups is 1. The molecule has 1 aliphatic carbocycles. The Morgan fingerprint density at radius 2 is 2.07 bits per heavy atom. The van der Waals surface area contributed by atoms with Crippen LogP contribution in [0.3, 0.4) is 0 Å². The summed E-state index contributed by atoms with van der Waals surface area (Å²) in [5, 5.41) is 0.607. The number of aryl methyl sites for hydroxylation is 1. The number of rotatable bonds is 4. The number of esters is 1. The number of furan rings is 1. The van der Waals surface area contributed by atoms with Gasteiger partial charge in [-0.25, -0.2) is 13.2 Å². The fraction of sp³-hybridized carbons (Fsp3) is 0.526. The van der Waals surface area contributed by atoms with Gasteiger partial charge in [-0.2, -0.15) is 4.31 Å². The Morgan fingerprint density at radius 3 is 2.75 bits per heavy atom. The number of carbonyl (C=O) groups excluding carboxylic acids is 1. The van der Waals surface area contributed by atoms with Gasteiger partial charge in [0.2, 0.25) is 15.8 Å². The summed E-state index contributed by atoms with van der Waals surface area (Å²) in [7, 11) is -3.61. The van der Waals surface area contributed by atoms with E-state index in [-0.39, 0.29) is 41.6 Å². The summed E-state index contributed by atoms with van der Waals surface area (Å²) < 4.78 is 38.4. The minimum atomic E-state index is -3.61. The maximum Gasteiger partial charge on any atom is 0.374 e. The van der Waals surface area contributed by atoms with Crippen LogP contribution in [0.4, 0.5) is 0 Å². The van der Waals surface area contributed by atoms with Crippen LogP contribution in [0.25, 0.3) is 11.0 Å². The van der Waals surface area contributed by atoms with Gasteiger partial charge < -0.3 is 14.9 Å². The van der Waals surface area contributed by atoms with Gasteiger partial charge in [-0.15, -0.1) is 12.4 Å². The van der Waals surface area contributed by atoms with Crippen LogP contribution in [-0.2, 0) is 14.8 Å². The van der Waals surface area contributed by atoms with Gasteiger partial charge in [0.25, 0.3) is 0 Å².